The van der Waals surface area contributed by atoms with Gasteiger partial charge in [-0.05, 0) is 56.4 Å². The Hall–Kier alpha value is -1.14. The van der Waals surface area contributed by atoms with Crippen molar-refractivity contribution in [2.75, 3.05) is 6.54 Å². The molecule has 1 heterocycles. The van der Waals surface area contributed by atoms with E-state index in [4.69, 9.17) is 5.73 Å². The van der Waals surface area contributed by atoms with E-state index in [0.29, 0.717) is 24.4 Å². The summed E-state index contributed by atoms with van der Waals surface area (Å²) in [5.41, 5.74) is 9.78. The molecule has 0 spiro atoms. The fourth-order valence-electron chi connectivity index (χ4n) is 4.82. The molecule has 2 aromatic rings. The largest absolute Gasteiger partial charge is 0.356 e. The van der Waals surface area contributed by atoms with Crippen LogP contribution >= 0.6 is 36.2 Å². The second-order valence-electron chi connectivity index (χ2n) is 8.19. The molecule has 2 unspecified atom stereocenters. The zero-order valence-corrected chi connectivity index (χ0v) is 19.3. The number of benzene rings is 1. The van der Waals surface area contributed by atoms with Gasteiger partial charge >= 0.3 is 0 Å². The molecule has 2 aliphatic rings. The van der Waals surface area contributed by atoms with Gasteiger partial charge in [0.25, 0.3) is 0 Å². The number of nitrogens with zero attached hydrogens (tertiary/aromatic N) is 1. The van der Waals surface area contributed by atoms with Crippen molar-refractivity contribution in [1.82, 2.24) is 10.3 Å². The van der Waals surface area contributed by atoms with Crippen molar-refractivity contribution < 1.29 is 4.79 Å². The Morgan fingerprint density at radius 2 is 1.83 bits per heavy atom. The van der Waals surface area contributed by atoms with E-state index in [0.717, 1.165) is 35.5 Å². The van der Waals surface area contributed by atoms with E-state index in [-0.39, 0.29) is 36.6 Å². The number of thiazole rings is 1. The number of aromatic nitrogens is 1. The fourth-order valence-corrected chi connectivity index (χ4v) is 5.44. The summed E-state index contributed by atoms with van der Waals surface area (Å²) in [5.74, 6) is 1.49. The minimum absolute atomic E-state index is 0. The maximum absolute atomic E-state index is 12.6. The summed E-state index contributed by atoms with van der Waals surface area (Å²) in [7, 11) is 0. The monoisotopic (exact) mass is 455 g/mol. The SMILES string of the molecule is Cc1nc(-c2ccc(CCNC(=O)C3CC4CCCC(C3)C4N)cc2)cs1.Cl.Cl. The van der Waals surface area contributed by atoms with Crippen molar-refractivity contribution in [3.63, 3.8) is 0 Å². The Bertz CT molecular complexity index is 782. The highest BCUT2D eigenvalue weighted by Crippen LogP contribution is 2.41. The third-order valence-electron chi connectivity index (χ3n) is 6.37. The molecule has 2 bridgehead atoms. The van der Waals surface area contributed by atoms with Crippen LogP contribution < -0.4 is 11.1 Å². The molecule has 1 amide bonds. The first-order chi connectivity index (χ1) is 13.1. The Kier molecular flexibility index (Phi) is 8.95. The molecule has 160 valence electrons. The van der Waals surface area contributed by atoms with Gasteiger partial charge < -0.3 is 11.1 Å². The molecule has 4 rings (SSSR count). The van der Waals surface area contributed by atoms with Crippen LogP contribution in [0.25, 0.3) is 11.3 Å². The molecule has 0 saturated heterocycles. The second-order valence-corrected chi connectivity index (χ2v) is 9.25. The van der Waals surface area contributed by atoms with Gasteiger partial charge in [0.1, 0.15) is 0 Å². The number of nitrogens with one attached hydrogen (secondary N) is 1. The number of nitrogens with two attached hydrogens (primary N) is 1. The first kappa shape index (κ1) is 24.1. The molecule has 2 fully saturated rings. The molecule has 0 radical (unpaired) electrons. The van der Waals surface area contributed by atoms with Crippen LogP contribution in [0, 0.1) is 24.7 Å². The Morgan fingerprint density at radius 1 is 1.17 bits per heavy atom. The lowest BCUT2D eigenvalue weighted by Crippen LogP contribution is -2.49. The molecule has 3 N–H and O–H groups in total. The first-order valence-corrected chi connectivity index (χ1v) is 11.0. The van der Waals surface area contributed by atoms with Crippen LogP contribution in [0.4, 0.5) is 0 Å². The van der Waals surface area contributed by atoms with E-state index in [1.807, 2.05) is 6.92 Å². The molecule has 7 heteroatoms. The van der Waals surface area contributed by atoms with Gasteiger partial charge in [-0.1, -0.05) is 30.7 Å². The predicted molar refractivity (Wildman–Crippen MR) is 125 cm³/mol. The molecule has 1 aromatic carbocycles. The van der Waals surface area contributed by atoms with Crippen molar-refractivity contribution in [1.29, 1.82) is 0 Å². The molecule has 2 atom stereocenters. The fraction of sp³-hybridized carbons (Fsp3) is 0.545. The number of aryl methyl sites for hydroxylation is 1. The van der Waals surface area contributed by atoms with Crippen LogP contribution in [-0.2, 0) is 11.2 Å². The molecular formula is C22H31Cl2N3OS. The van der Waals surface area contributed by atoms with Gasteiger partial charge in [-0.3, -0.25) is 4.79 Å². The standard InChI is InChI=1S/C22H29N3OS.2ClH/c1-14-25-20(13-27-14)16-7-5-15(6-8-16)9-10-24-22(26)19-11-17-3-2-4-18(12-19)21(17)23;;/h5-8,13,17-19,21H,2-4,9-12,23H2,1H3,(H,24,26);2*1H. The molecule has 2 aliphatic carbocycles. The molecule has 0 aliphatic heterocycles. The highest BCUT2D eigenvalue weighted by Gasteiger charge is 2.40. The quantitative estimate of drug-likeness (QED) is 0.681. The normalized spacial score (nSPS) is 25.4. The Labute approximate surface area is 189 Å². The van der Waals surface area contributed by atoms with Crippen molar-refractivity contribution in [2.45, 2.75) is 51.5 Å². The van der Waals surface area contributed by atoms with Crippen molar-refractivity contribution in [2.24, 2.45) is 23.5 Å². The van der Waals surface area contributed by atoms with Crippen LogP contribution in [0.2, 0.25) is 0 Å². The summed E-state index contributed by atoms with van der Waals surface area (Å²) in [6.07, 6.45) is 6.50. The lowest BCUT2D eigenvalue weighted by atomic mass is 9.65. The zero-order valence-electron chi connectivity index (χ0n) is 16.8. The Balaban J connectivity index is 0.00000150. The maximum Gasteiger partial charge on any atom is 0.223 e. The van der Waals surface area contributed by atoms with E-state index in [9.17, 15) is 4.79 Å². The van der Waals surface area contributed by atoms with Gasteiger partial charge in [0.05, 0.1) is 10.7 Å². The van der Waals surface area contributed by atoms with Gasteiger partial charge in [0.2, 0.25) is 5.91 Å². The second kappa shape index (κ2) is 10.8. The number of rotatable bonds is 5. The van der Waals surface area contributed by atoms with E-state index < -0.39 is 0 Å². The van der Waals surface area contributed by atoms with Gasteiger partial charge in [0, 0.05) is 29.4 Å². The van der Waals surface area contributed by atoms with Gasteiger partial charge in [-0.25, -0.2) is 4.98 Å². The van der Waals surface area contributed by atoms with E-state index in [2.05, 4.69) is 39.9 Å². The molecular weight excluding hydrogens is 425 g/mol. The van der Waals surface area contributed by atoms with Crippen LogP contribution in [-0.4, -0.2) is 23.5 Å². The van der Waals surface area contributed by atoms with Gasteiger partial charge in [0.15, 0.2) is 0 Å². The van der Waals surface area contributed by atoms with Gasteiger partial charge in [-0.2, -0.15) is 0 Å². The van der Waals surface area contributed by atoms with Crippen molar-refractivity contribution in [3.05, 3.63) is 40.2 Å². The first-order valence-electron chi connectivity index (χ1n) is 10.1. The summed E-state index contributed by atoms with van der Waals surface area (Å²) < 4.78 is 0. The average molecular weight is 456 g/mol. The van der Waals surface area contributed by atoms with Crippen molar-refractivity contribution >= 4 is 42.1 Å². The average Bonchev–Trinajstić information content (AvgIpc) is 3.08. The van der Waals surface area contributed by atoms with Crippen molar-refractivity contribution in [3.8, 4) is 11.3 Å². The highest BCUT2D eigenvalue weighted by molar-refractivity contribution is 7.09. The maximum atomic E-state index is 12.6. The van der Waals surface area contributed by atoms with E-state index >= 15 is 0 Å². The zero-order chi connectivity index (χ0) is 18.8. The number of hydrogen-bond acceptors (Lipinski definition) is 4. The van der Waals surface area contributed by atoms with E-state index in [1.165, 1.54) is 24.8 Å². The number of amides is 1. The predicted octanol–water partition coefficient (Wildman–Crippen LogP) is 4.77. The third kappa shape index (κ3) is 5.72. The number of hydrogen-bond donors (Lipinski definition) is 2. The summed E-state index contributed by atoms with van der Waals surface area (Å²) in [4.78, 5) is 17.1. The summed E-state index contributed by atoms with van der Waals surface area (Å²) >= 11 is 1.67. The lowest BCUT2D eigenvalue weighted by molar-refractivity contribution is -0.127. The summed E-state index contributed by atoms with van der Waals surface area (Å²) in [6.45, 7) is 2.73. The van der Waals surface area contributed by atoms with Gasteiger partial charge in [-0.15, -0.1) is 36.2 Å². The summed E-state index contributed by atoms with van der Waals surface area (Å²) in [6, 6.07) is 8.84. The number of halogens is 2. The third-order valence-corrected chi connectivity index (χ3v) is 7.14. The molecule has 2 saturated carbocycles. The van der Waals surface area contributed by atoms with E-state index in [1.54, 1.807) is 11.3 Å². The number of carbonyl (C=O) groups is 1. The molecule has 1 aromatic heterocycles. The highest BCUT2D eigenvalue weighted by atomic mass is 35.5. The smallest absolute Gasteiger partial charge is 0.223 e. The van der Waals surface area contributed by atoms with Crippen LogP contribution in [0.5, 0.6) is 0 Å². The van der Waals surface area contributed by atoms with Crippen LogP contribution in [0.1, 0.15) is 42.7 Å². The minimum Gasteiger partial charge on any atom is -0.356 e. The minimum atomic E-state index is 0. The van der Waals surface area contributed by atoms with Crippen LogP contribution in [0.3, 0.4) is 0 Å². The topological polar surface area (TPSA) is 68.0 Å². The molecule has 29 heavy (non-hydrogen) atoms. The molecule has 4 nitrogen and oxygen atoms in total. The lowest BCUT2D eigenvalue weighted by Gasteiger charge is -2.43. The summed E-state index contributed by atoms with van der Waals surface area (Å²) in [5, 5.41) is 6.35. The number of carbonyl (C=O) groups excluding carboxylic acids is 1. The Morgan fingerprint density at radius 3 is 2.41 bits per heavy atom. The van der Waals surface area contributed by atoms with Crippen LogP contribution in [0.15, 0.2) is 29.6 Å². The number of fused-ring (bicyclic) bond motifs is 2.